The predicted molar refractivity (Wildman–Crippen MR) is 118 cm³/mol. The highest BCUT2D eigenvalue weighted by atomic mass is 16.3. The molecule has 0 saturated heterocycles. The molecule has 4 rings (SSSR count). The summed E-state index contributed by atoms with van der Waals surface area (Å²) in [5, 5.41) is 14.8. The molecule has 4 aromatic rings. The minimum absolute atomic E-state index is 0.0397. The highest BCUT2D eigenvalue weighted by Gasteiger charge is 2.20. The fourth-order valence-corrected chi connectivity index (χ4v) is 3.80. The number of aliphatic hydroxyl groups is 1. The van der Waals surface area contributed by atoms with E-state index in [4.69, 9.17) is 0 Å². The van der Waals surface area contributed by atoms with Crippen molar-refractivity contribution in [3.8, 4) is 0 Å². The Labute approximate surface area is 173 Å². The average molecular weight is 407 g/mol. The highest BCUT2D eigenvalue weighted by Crippen LogP contribution is 2.23. The molecule has 0 saturated carbocycles. The van der Waals surface area contributed by atoms with Crippen molar-refractivity contribution in [2.45, 2.75) is 25.9 Å². The van der Waals surface area contributed by atoms with Crippen LogP contribution in [0.4, 0.5) is 5.95 Å². The zero-order valence-corrected chi connectivity index (χ0v) is 17.3. The van der Waals surface area contributed by atoms with E-state index in [1.54, 1.807) is 7.05 Å². The van der Waals surface area contributed by atoms with Gasteiger partial charge in [-0.2, -0.15) is 4.98 Å². The van der Waals surface area contributed by atoms with E-state index in [1.165, 1.54) is 11.6 Å². The minimum atomic E-state index is -0.419. The van der Waals surface area contributed by atoms with Gasteiger partial charge in [-0.3, -0.25) is 18.5 Å². The Morgan fingerprint density at radius 2 is 1.80 bits per heavy atom. The molecule has 0 bridgehead atoms. The molecule has 0 spiro atoms. The van der Waals surface area contributed by atoms with Crippen molar-refractivity contribution in [3.05, 3.63) is 68.9 Å². The topological polar surface area (TPSA) is 94.1 Å². The number of fused-ring (bicyclic) bond motifs is 2. The van der Waals surface area contributed by atoms with E-state index in [2.05, 4.69) is 28.5 Å². The third-order valence-corrected chi connectivity index (χ3v) is 5.49. The van der Waals surface area contributed by atoms with Crippen molar-refractivity contribution >= 4 is 27.9 Å². The number of aryl methyl sites for hydroxylation is 1. The summed E-state index contributed by atoms with van der Waals surface area (Å²) in [5.74, 6) is 0.497. The minimum Gasteiger partial charge on any atom is -0.396 e. The lowest BCUT2D eigenvalue weighted by atomic mass is 10.0. The SMILES string of the molecule is C[C@@H](CCO)Nc1nc2c(c(=O)n(C)c(=O)n2C)n1Cc1cccc2ccccc12. The van der Waals surface area contributed by atoms with Crippen LogP contribution in [0.15, 0.2) is 52.1 Å². The molecular weight excluding hydrogens is 382 g/mol. The number of rotatable bonds is 6. The molecule has 0 unspecified atom stereocenters. The maximum Gasteiger partial charge on any atom is 0.332 e. The Bertz CT molecular complexity index is 1340. The second-order valence-corrected chi connectivity index (χ2v) is 7.60. The lowest BCUT2D eigenvalue weighted by Crippen LogP contribution is -2.37. The number of aliphatic hydroxyl groups excluding tert-OH is 1. The van der Waals surface area contributed by atoms with Gasteiger partial charge in [-0.15, -0.1) is 0 Å². The molecule has 30 heavy (non-hydrogen) atoms. The van der Waals surface area contributed by atoms with Gasteiger partial charge in [0.1, 0.15) is 0 Å². The largest absolute Gasteiger partial charge is 0.396 e. The highest BCUT2D eigenvalue weighted by molar-refractivity contribution is 5.86. The number of hydrogen-bond donors (Lipinski definition) is 2. The maximum atomic E-state index is 13.0. The first-order valence-corrected chi connectivity index (χ1v) is 9.92. The van der Waals surface area contributed by atoms with Gasteiger partial charge in [-0.25, -0.2) is 4.79 Å². The van der Waals surface area contributed by atoms with Gasteiger partial charge in [0.05, 0.1) is 6.54 Å². The van der Waals surface area contributed by atoms with Crippen LogP contribution in [0.2, 0.25) is 0 Å². The molecule has 2 N–H and O–H groups in total. The summed E-state index contributed by atoms with van der Waals surface area (Å²) in [5.41, 5.74) is 0.940. The smallest absolute Gasteiger partial charge is 0.332 e. The monoisotopic (exact) mass is 407 g/mol. The molecule has 156 valence electrons. The van der Waals surface area contributed by atoms with Crippen LogP contribution in [0, 0.1) is 0 Å². The normalized spacial score (nSPS) is 12.5. The number of anilines is 1. The molecule has 0 radical (unpaired) electrons. The number of benzene rings is 2. The first kappa shape index (κ1) is 19.9. The summed E-state index contributed by atoms with van der Waals surface area (Å²) in [6.45, 7) is 2.40. The molecule has 8 nitrogen and oxygen atoms in total. The van der Waals surface area contributed by atoms with Crippen molar-refractivity contribution in [1.29, 1.82) is 0 Å². The van der Waals surface area contributed by atoms with Crippen LogP contribution in [0.25, 0.3) is 21.9 Å². The van der Waals surface area contributed by atoms with E-state index < -0.39 is 5.69 Å². The number of imidazole rings is 1. The Morgan fingerprint density at radius 3 is 2.57 bits per heavy atom. The summed E-state index contributed by atoms with van der Waals surface area (Å²) in [7, 11) is 3.08. The van der Waals surface area contributed by atoms with Gasteiger partial charge in [0, 0.05) is 26.7 Å². The van der Waals surface area contributed by atoms with E-state index in [-0.39, 0.29) is 18.2 Å². The lowest BCUT2D eigenvalue weighted by Gasteiger charge is -2.16. The number of nitrogens with one attached hydrogen (secondary N) is 1. The van der Waals surface area contributed by atoms with Gasteiger partial charge < -0.3 is 10.4 Å². The Morgan fingerprint density at radius 1 is 1.07 bits per heavy atom. The van der Waals surface area contributed by atoms with Crippen LogP contribution in [0.3, 0.4) is 0 Å². The third kappa shape index (κ3) is 3.29. The quantitative estimate of drug-likeness (QED) is 0.509. The molecule has 0 aliphatic rings. The van der Waals surface area contributed by atoms with Gasteiger partial charge in [-0.05, 0) is 29.7 Å². The second-order valence-electron chi connectivity index (χ2n) is 7.60. The van der Waals surface area contributed by atoms with E-state index in [0.29, 0.717) is 30.1 Å². The average Bonchev–Trinajstić information content (AvgIpc) is 3.09. The second kappa shape index (κ2) is 7.79. The molecule has 0 aliphatic carbocycles. The first-order chi connectivity index (χ1) is 14.4. The molecule has 2 aromatic carbocycles. The van der Waals surface area contributed by atoms with E-state index in [0.717, 1.165) is 20.9 Å². The standard InChI is InChI=1S/C22H25N5O3/c1-14(11-12-28)23-21-24-19-18(20(29)26(3)22(30)25(19)2)27(21)13-16-9-6-8-15-7-4-5-10-17(15)16/h4-10,14,28H,11-13H2,1-3H3,(H,23,24)/t14-/m0/s1. The van der Waals surface area contributed by atoms with Crippen molar-refractivity contribution in [2.24, 2.45) is 14.1 Å². The molecule has 1 atom stereocenters. The number of nitrogens with zero attached hydrogens (tertiary/aromatic N) is 4. The fourth-order valence-electron chi connectivity index (χ4n) is 3.80. The molecule has 2 heterocycles. The Kier molecular flexibility index (Phi) is 5.17. The Balaban J connectivity index is 1.96. The molecule has 0 fully saturated rings. The van der Waals surface area contributed by atoms with Crippen molar-refractivity contribution < 1.29 is 5.11 Å². The molecule has 0 aliphatic heterocycles. The van der Waals surface area contributed by atoms with Crippen LogP contribution >= 0.6 is 0 Å². The maximum absolute atomic E-state index is 13.0. The van der Waals surface area contributed by atoms with Crippen LogP contribution in [0.1, 0.15) is 18.9 Å². The lowest BCUT2D eigenvalue weighted by molar-refractivity contribution is 0.282. The van der Waals surface area contributed by atoms with Gasteiger partial charge >= 0.3 is 5.69 Å². The van der Waals surface area contributed by atoms with Crippen molar-refractivity contribution in [3.63, 3.8) is 0 Å². The van der Waals surface area contributed by atoms with Crippen LogP contribution in [-0.2, 0) is 20.6 Å². The molecule has 0 amide bonds. The predicted octanol–water partition coefficient (Wildman–Crippen LogP) is 1.82. The zero-order valence-electron chi connectivity index (χ0n) is 17.3. The van der Waals surface area contributed by atoms with Gasteiger partial charge in [0.2, 0.25) is 5.95 Å². The van der Waals surface area contributed by atoms with E-state index >= 15 is 0 Å². The molecule has 2 aromatic heterocycles. The summed E-state index contributed by atoms with van der Waals surface area (Å²) in [4.78, 5) is 30.0. The summed E-state index contributed by atoms with van der Waals surface area (Å²) < 4.78 is 4.32. The number of aromatic nitrogens is 4. The summed E-state index contributed by atoms with van der Waals surface area (Å²) >= 11 is 0. The first-order valence-electron chi connectivity index (χ1n) is 9.92. The van der Waals surface area contributed by atoms with Gasteiger partial charge in [0.15, 0.2) is 11.2 Å². The van der Waals surface area contributed by atoms with Gasteiger partial charge in [0.25, 0.3) is 5.56 Å². The summed E-state index contributed by atoms with van der Waals surface area (Å²) in [6, 6.07) is 14.1. The van der Waals surface area contributed by atoms with Crippen LogP contribution < -0.4 is 16.6 Å². The van der Waals surface area contributed by atoms with Crippen molar-refractivity contribution in [2.75, 3.05) is 11.9 Å². The summed E-state index contributed by atoms with van der Waals surface area (Å²) in [6.07, 6.45) is 0.536. The molecule has 8 heteroatoms. The van der Waals surface area contributed by atoms with Crippen LogP contribution in [0.5, 0.6) is 0 Å². The fraction of sp³-hybridized carbons (Fsp3) is 0.318. The molecular formula is C22H25N5O3. The Hall–Kier alpha value is -3.39. The third-order valence-electron chi connectivity index (χ3n) is 5.49. The van der Waals surface area contributed by atoms with Crippen LogP contribution in [-0.4, -0.2) is 36.4 Å². The zero-order chi connectivity index (χ0) is 21.4. The van der Waals surface area contributed by atoms with E-state index in [9.17, 15) is 14.7 Å². The number of hydrogen-bond acceptors (Lipinski definition) is 5. The van der Waals surface area contributed by atoms with Crippen molar-refractivity contribution in [1.82, 2.24) is 18.7 Å². The van der Waals surface area contributed by atoms with Gasteiger partial charge in [-0.1, -0.05) is 42.5 Å². The van der Waals surface area contributed by atoms with E-state index in [1.807, 2.05) is 35.8 Å².